The second-order valence-electron chi connectivity index (χ2n) is 8.90. The second-order valence-corrected chi connectivity index (χ2v) is 11.2. The lowest BCUT2D eigenvalue weighted by molar-refractivity contribution is 0.216. The number of sulfone groups is 1. The first-order chi connectivity index (χ1) is 16.7. The lowest BCUT2D eigenvalue weighted by atomic mass is 9.99. The molecule has 0 unspecified atom stereocenters. The van der Waals surface area contributed by atoms with Gasteiger partial charge in [-0.3, -0.25) is 0 Å². The van der Waals surface area contributed by atoms with Crippen LogP contribution in [0.2, 0.25) is 0 Å². The normalized spacial score (nSPS) is 18.1. The zero-order valence-electron chi connectivity index (χ0n) is 20.0. The molecule has 0 radical (unpaired) electrons. The van der Waals surface area contributed by atoms with Crippen molar-refractivity contribution >= 4 is 15.8 Å². The fraction of sp³-hybridized carbons (Fsp3) is 0.385. The highest BCUT2D eigenvalue weighted by molar-refractivity contribution is 7.91. The second kappa shape index (κ2) is 10.3. The van der Waals surface area contributed by atoms with E-state index in [1.165, 1.54) is 24.3 Å². The van der Waals surface area contributed by atoms with Crippen LogP contribution in [0.1, 0.15) is 26.3 Å². The van der Waals surface area contributed by atoms with Gasteiger partial charge >= 0.3 is 0 Å². The Hall–Kier alpha value is -3.07. The summed E-state index contributed by atoms with van der Waals surface area (Å²) in [6.45, 7) is 7.24. The van der Waals surface area contributed by atoms with Gasteiger partial charge in [0.05, 0.1) is 17.3 Å². The summed E-state index contributed by atoms with van der Waals surface area (Å²) < 4.78 is 59.2. The maximum atomic E-state index is 14.8. The van der Waals surface area contributed by atoms with E-state index in [0.29, 0.717) is 23.6 Å². The summed E-state index contributed by atoms with van der Waals surface area (Å²) in [7, 11) is -3.34. The molecule has 35 heavy (non-hydrogen) atoms. The Labute approximate surface area is 204 Å². The van der Waals surface area contributed by atoms with E-state index in [4.69, 9.17) is 4.74 Å². The highest BCUT2D eigenvalue weighted by atomic mass is 32.2. The van der Waals surface area contributed by atoms with Crippen molar-refractivity contribution in [2.24, 2.45) is 11.8 Å². The SMILES string of the molecule is CCc1cnc(N2C[C@@H](COc3c(F)cc(-c4ccc(S(=O)(=O)CC)cc4)cc3F)[C@@H](C)C2)nc1. The number of benzene rings is 2. The van der Waals surface area contributed by atoms with Gasteiger partial charge in [0.25, 0.3) is 0 Å². The van der Waals surface area contributed by atoms with Crippen LogP contribution in [0.15, 0.2) is 53.7 Å². The molecule has 0 amide bonds. The molecule has 2 heterocycles. The number of hydrogen-bond donors (Lipinski definition) is 0. The Kier molecular flexibility index (Phi) is 7.35. The van der Waals surface area contributed by atoms with Crippen molar-refractivity contribution < 1.29 is 21.9 Å². The number of halogens is 2. The van der Waals surface area contributed by atoms with Crippen molar-refractivity contribution in [1.29, 1.82) is 0 Å². The van der Waals surface area contributed by atoms with Gasteiger partial charge in [0, 0.05) is 31.4 Å². The van der Waals surface area contributed by atoms with Crippen LogP contribution in [-0.4, -0.2) is 43.8 Å². The molecule has 2 atom stereocenters. The van der Waals surface area contributed by atoms with Crippen molar-refractivity contribution in [1.82, 2.24) is 9.97 Å². The first kappa shape index (κ1) is 25.0. The zero-order chi connectivity index (χ0) is 25.2. The van der Waals surface area contributed by atoms with Crippen LogP contribution in [0.4, 0.5) is 14.7 Å². The van der Waals surface area contributed by atoms with Crippen LogP contribution in [0.3, 0.4) is 0 Å². The molecule has 2 aromatic carbocycles. The Bertz CT molecular complexity index is 1260. The molecule has 4 rings (SSSR count). The predicted molar refractivity (Wildman–Crippen MR) is 131 cm³/mol. The molecule has 9 heteroatoms. The van der Waals surface area contributed by atoms with Gasteiger partial charge in [-0.2, -0.15) is 0 Å². The standard InChI is InChI=1S/C26H29F2N3O3S/c1-4-18-12-29-26(30-13-18)31-14-17(3)21(15-31)16-34-25-23(27)10-20(11-24(25)28)19-6-8-22(9-7-19)35(32,33)5-2/h6-13,17,21H,4-5,14-16H2,1-3H3/t17-,21-/m0/s1. The molecule has 6 nitrogen and oxygen atoms in total. The van der Waals surface area contributed by atoms with Crippen LogP contribution in [0, 0.1) is 23.5 Å². The first-order valence-electron chi connectivity index (χ1n) is 11.7. The lowest BCUT2D eigenvalue weighted by Crippen LogP contribution is -2.24. The number of aromatic nitrogens is 2. The molecule has 1 saturated heterocycles. The van der Waals surface area contributed by atoms with Crippen LogP contribution < -0.4 is 9.64 Å². The molecule has 0 aliphatic carbocycles. The highest BCUT2D eigenvalue weighted by Gasteiger charge is 2.32. The van der Waals surface area contributed by atoms with Crippen molar-refractivity contribution in [2.45, 2.75) is 32.1 Å². The average molecular weight is 502 g/mol. The molecule has 1 fully saturated rings. The summed E-state index contributed by atoms with van der Waals surface area (Å²) in [6, 6.07) is 8.38. The molecule has 1 aliphatic heterocycles. The van der Waals surface area contributed by atoms with Crippen molar-refractivity contribution in [3.8, 4) is 16.9 Å². The summed E-state index contributed by atoms with van der Waals surface area (Å²) in [5.41, 5.74) is 1.89. The topological polar surface area (TPSA) is 72.4 Å². The van der Waals surface area contributed by atoms with Gasteiger partial charge in [0.2, 0.25) is 5.95 Å². The Morgan fingerprint density at radius 3 is 2.20 bits per heavy atom. The summed E-state index contributed by atoms with van der Waals surface area (Å²) in [4.78, 5) is 11.1. The van der Waals surface area contributed by atoms with Crippen molar-refractivity contribution in [3.05, 3.63) is 66.0 Å². The summed E-state index contributed by atoms with van der Waals surface area (Å²) in [5, 5.41) is 0. The van der Waals surface area contributed by atoms with Crippen LogP contribution in [0.5, 0.6) is 5.75 Å². The minimum absolute atomic E-state index is 0.0167. The van der Waals surface area contributed by atoms with Crippen LogP contribution in [-0.2, 0) is 16.3 Å². The van der Waals surface area contributed by atoms with Gasteiger partial charge in [-0.25, -0.2) is 27.2 Å². The van der Waals surface area contributed by atoms with E-state index >= 15 is 0 Å². The third-order valence-electron chi connectivity index (χ3n) is 6.52. The summed E-state index contributed by atoms with van der Waals surface area (Å²) in [6.07, 6.45) is 4.51. The molecule has 186 valence electrons. The van der Waals surface area contributed by atoms with Gasteiger partial charge in [-0.15, -0.1) is 0 Å². The average Bonchev–Trinajstić information content (AvgIpc) is 3.23. The van der Waals surface area contributed by atoms with E-state index in [1.807, 2.05) is 19.3 Å². The monoisotopic (exact) mass is 501 g/mol. The Morgan fingerprint density at radius 2 is 1.63 bits per heavy atom. The molecule has 0 saturated carbocycles. The first-order valence-corrected chi connectivity index (χ1v) is 13.4. The smallest absolute Gasteiger partial charge is 0.225 e. The van der Waals surface area contributed by atoms with Gasteiger partial charge < -0.3 is 9.64 Å². The Morgan fingerprint density at radius 1 is 1.00 bits per heavy atom. The van der Waals surface area contributed by atoms with Gasteiger partial charge in [0.15, 0.2) is 27.2 Å². The third kappa shape index (κ3) is 5.45. The van der Waals surface area contributed by atoms with Gasteiger partial charge in [-0.05, 0) is 53.3 Å². The number of aryl methyl sites for hydroxylation is 1. The minimum atomic E-state index is -3.34. The molecule has 0 N–H and O–H groups in total. The summed E-state index contributed by atoms with van der Waals surface area (Å²) in [5.74, 6) is -1.07. The number of hydrogen-bond acceptors (Lipinski definition) is 6. The number of nitrogens with zero attached hydrogens (tertiary/aromatic N) is 3. The summed E-state index contributed by atoms with van der Waals surface area (Å²) >= 11 is 0. The molecule has 0 bridgehead atoms. The molecular weight excluding hydrogens is 472 g/mol. The van der Waals surface area contributed by atoms with E-state index in [0.717, 1.165) is 18.5 Å². The third-order valence-corrected chi connectivity index (χ3v) is 8.27. The molecule has 1 aromatic heterocycles. The Balaban J connectivity index is 1.44. The minimum Gasteiger partial charge on any atom is -0.487 e. The fourth-order valence-electron chi connectivity index (χ4n) is 4.18. The fourth-order valence-corrected chi connectivity index (χ4v) is 5.07. The quantitative estimate of drug-likeness (QED) is 0.436. The van der Waals surface area contributed by atoms with E-state index in [9.17, 15) is 17.2 Å². The maximum Gasteiger partial charge on any atom is 0.225 e. The zero-order valence-corrected chi connectivity index (χ0v) is 20.9. The predicted octanol–water partition coefficient (Wildman–Crippen LogP) is 4.93. The highest BCUT2D eigenvalue weighted by Crippen LogP contribution is 2.32. The number of rotatable bonds is 8. The largest absolute Gasteiger partial charge is 0.487 e. The van der Waals surface area contributed by atoms with E-state index < -0.39 is 27.2 Å². The maximum absolute atomic E-state index is 14.8. The van der Waals surface area contributed by atoms with Crippen LogP contribution in [0.25, 0.3) is 11.1 Å². The molecule has 1 aliphatic rings. The van der Waals surface area contributed by atoms with E-state index in [1.54, 1.807) is 19.1 Å². The van der Waals surface area contributed by atoms with E-state index in [-0.39, 0.29) is 29.1 Å². The van der Waals surface area contributed by atoms with E-state index in [2.05, 4.69) is 21.8 Å². The molecule has 3 aromatic rings. The van der Waals surface area contributed by atoms with Crippen LogP contribution >= 0.6 is 0 Å². The van der Waals surface area contributed by atoms with Gasteiger partial charge in [-0.1, -0.05) is 32.9 Å². The van der Waals surface area contributed by atoms with Crippen molar-refractivity contribution in [3.63, 3.8) is 0 Å². The van der Waals surface area contributed by atoms with Gasteiger partial charge in [0.1, 0.15) is 0 Å². The molecule has 0 spiro atoms. The lowest BCUT2D eigenvalue weighted by Gasteiger charge is -2.17. The molecular formula is C26H29F2N3O3S. The van der Waals surface area contributed by atoms with Crippen molar-refractivity contribution in [2.75, 3.05) is 30.3 Å². The number of anilines is 1. The number of ether oxygens (including phenoxy) is 1.